The Morgan fingerprint density at radius 3 is 2.41 bits per heavy atom. The SMILES string of the molecule is CC1(C)CC(=O)C2=C(C1)N(c1ccc(C#N)cc1)C(=O)CC2c1ccccc1Cl. The lowest BCUT2D eigenvalue weighted by Gasteiger charge is -2.43. The summed E-state index contributed by atoms with van der Waals surface area (Å²) in [5, 5.41) is 9.64. The average Bonchev–Trinajstić information content (AvgIpc) is 2.67. The number of benzene rings is 2. The first-order valence-electron chi connectivity index (χ1n) is 9.64. The molecule has 1 unspecified atom stereocenters. The van der Waals surface area contributed by atoms with Crippen LogP contribution >= 0.6 is 11.6 Å². The minimum atomic E-state index is -0.329. The summed E-state index contributed by atoms with van der Waals surface area (Å²) < 4.78 is 0. The van der Waals surface area contributed by atoms with Crippen LogP contribution in [0, 0.1) is 16.7 Å². The molecule has 0 spiro atoms. The van der Waals surface area contributed by atoms with Crippen molar-refractivity contribution in [1.82, 2.24) is 0 Å². The van der Waals surface area contributed by atoms with Crippen LogP contribution in [0.4, 0.5) is 5.69 Å². The molecular formula is C24H21ClN2O2. The number of carbonyl (C=O) groups is 2. The molecule has 0 N–H and O–H groups in total. The fraction of sp³-hybridized carbons (Fsp3) is 0.292. The zero-order valence-corrected chi connectivity index (χ0v) is 17.2. The molecule has 0 radical (unpaired) electrons. The van der Waals surface area contributed by atoms with E-state index in [4.69, 9.17) is 16.9 Å². The number of hydrogen-bond donors (Lipinski definition) is 0. The van der Waals surface area contributed by atoms with Crippen LogP contribution in [0.3, 0.4) is 0 Å². The Hall–Kier alpha value is -2.90. The maximum absolute atomic E-state index is 13.3. The normalized spacial score (nSPS) is 21.0. The topological polar surface area (TPSA) is 61.2 Å². The van der Waals surface area contributed by atoms with Gasteiger partial charge in [-0.2, -0.15) is 5.26 Å². The number of anilines is 1. The predicted molar refractivity (Wildman–Crippen MR) is 113 cm³/mol. The van der Waals surface area contributed by atoms with Crippen LogP contribution in [-0.4, -0.2) is 11.7 Å². The molecule has 0 bridgehead atoms. The number of hydrogen-bond acceptors (Lipinski definition) is 3. The second-order valence-corrected chi connectivity index (χ2v) is 8.87. The molecule has 1 atom stereocenters. The maximum Gasteiger partial charge on any atom is 0.232 e. The van der Waals surface area contributed by atoms with E-state index in [9.17, 15) is 9.59 Å². The van der Waals surface area contributed by atoms with E-state index in [1.165, 1.54) is 0 Å². The van der Waals surface area contributed by atoms with E-state index in [0.29, 0.717) is 34.7 Å². The van der Waals surface area contributed by atoms with Crippen molar-refractivity contribution in [2.45, 2.75) is 39.0 Å². The molecule has 5 heteroatoms. The lowest BCUT2D eigenvalue weighted by molar-refractivity contribution is -0.121. The molecule has 4 rings (SSSR count). The summed E-state index contributed by atoms with van der Waals surface area (Å²) >= 11 is 6.44. The van der Waals surface area contributed by atoms with Gasteiger partial charge in [0, 0.05) is 40.7 Å². The van der Waals surface area contributed by atoms with Gasteiger partial charge in [0.2, 0.25) is 5.91 Å². The van der Waals surface area contributed by atoms with Gasteiger partial charge < -0.3 is 0 Å². The molecular weight excluding hydrogens is 384 g/mol. The summed E-state index contributed by atoms with van der Waals surface area (Å²) in [5.41, 5.74) is 3.26. The molecule has 0 fully saturated rings. The van der Waals surface area contributed by atoms with E-state index >= 15 is 0 Å². The Kier molecular flexibility index (Phi) is 4.80. The molecule has 1 aliphatic heterocycles. The third kappa shape index (κ3) is 3.47. The third-order valence-electron chi connectivity index (χ3n) is 5.68. The molecule has 1 amide bonds. The number of ketones is 1. The van der Waals surface area contributed by atoms with E-state index in [1.54, 1.807) is 35.2 Å². The van der Waals surface area contributed by atoms with Crippen molar-refractivity contribution < 1.29 is 9.59 Å². The number of Topliss-reactive ketones (excluding diaryl/α,β-unsaturated/α-hetero) is 1. The molecule has 146 valence electrons. The molecule has 1 aliphatic carbocycles. The minimum Gasteiger partial charge on any atom is -0.294 e. The van der Waals surface area contributed by atoms with E-state index in [-0.39, 0.29) is 29.4 Å². The highest BCUT2D eigenvalue weighted by molar-refractivity contribution is 6.31. The first-order chi connectivity index (χ1) is 13.8. The van der Waals surface area contributed by atoms with Crippen LogP contribution in [-0.2, 0) is 9.59 Å². The van der Waals surface area contributed by atoms with Crippen LogP contribution in [0.1, 0.15) is 50.2 Å². The number of allylic oxidation sites excluding steroid dienone is 2. The van der Waals surface area contributed by atoms with Gasteiger partial charge in [-0.3, -0.25) is 14.5 Å². The lowest BCUT2D eigenvalue weighted by atomic mass is 9.69. The van der Waals surface area contributed by atoms with Crippen molar-refractivity contribution in [2.75, 3.05) is 4.90 Å². The number of carbonyl (C=O) groups excluding carboxylic acids is 2. The molecule has 4 nitrogen and oxygen atoms in total. The Morgan fingerprint density at radius 2 is 1.76 bits per heavy atom. The largest absolute Gasteiger partial charge is 0.294 e. The van der Waals surface area contributed by atoms with Crippen molar-refractivity contribution >= 4 is 29.0 Å². The van der Waals surface area contributed by atoms with Crippen molar-refractivity contribution in [1.29, 1.82) is 5.26 Å². The van der Waals surface area contributed by atoms with Gasteiger partial charge in [0.05, 0.1) is 11.6 Å². The fourth-order valence-corrected chi connectivity index (χ4v) is 4.69. The van der Waals surface area contributed by atoms with Gasteiger partial charge in [-0.15, -0.1) is 0 Å². The monoisotopic (exact) mass is 404 g/mol. The van der Waals surface area contributed by atoms with Gasteiger partial charge in [-0.05, 0) is 47.7 Å². The quantitative estimate of drug-likeness (QED) is 0.675. The molecule has 0 aromatic heterocycles. The van der Waals surface area contributed by atoms with Crippen LogP contribution < -0.4 is 4.90 Å². The van der Waals surface area contributed by atoms with E-state index in [0.717, 1.165) is 11.3 Å². The zero-order valence-electron chi connectivity index (χ0n) is 16.4. The summed E-state index contributed by atoms with van der Waals surface area (Å²) in [4.78, 5) is 28.2. The van der Waals surface area contributed by atoms with Crippen LogP contribution in [0.2, 0.25) is 5.02 Å². The van der Waals surface area contributed by atoms with Crippen LogP contribution in [0.25, 0.3) is 0 Å². The van der Waals surface area contributed by atoms with Gasteiger partial charge in [-0.1, -0.05) is 43.6 Å². The number of halogens is 1. The predicted octanol–water partition coefficient (Wildman–Crippen LogP) is 5.38. The zero-order chi connectivity index (χ0) is 20.8. The van der Waals surface area contributed by atoms with Gasteiger partial charge in [0.1, 0.15) is 0 Å². The Morgan fingerprint density at radius 1 is 1.07 bits per heavy atom. The highest BCUT2D eigenvalue weighted by Gasteiger charge is 2.44. The van der Waals surface area contributed by atoms with Crippen molar-refractivity contribution in [3.05, 3.63) is 76.0 Å². The number of rotatable bonds is 2. The van der Waals surface area contributed by atoms with Crippen molar-refractivity contribution in [3.8, 4) is 6.07 Å². The highest BCUT2D eigenvalue weighted by Crippen LogP contribution is 2.49. The van der Waals surface area contributed by atoms with Crippen LogP contribution in [0.5, 0.6) is 0 Å². The molecule has 0 saturated carbocycles. The smallest absolute Gasteiger partial charge is 0.232 e. The Labute approximate surface area is 175 Å². The summed E-state index contributed by atoms with van der Waals surface area (Å²) in [6, 6.07) is 16.4. The van der Waals surface area contributed by atoms with E-state index in [2.05, 4.69) is 19.9 Å². The number of nitrogens with zero attached hydrogens (tertiary/aromatic N) is 2. The third-order valence-corrected chi connectivity index (χ3v) is 6.02. The first kappa shape index (κ1) is 19.4. The second kappa shape index (κ2) is 7.17. The van der Waals surface area contributed by atoms with E-state index in [1.807, 2.05) is 18.2 Å². The van der Waals surface area contributed by atoms with Gasteiger partial charge >= 0.3 is 0 Å². The Balaban J connectivity index is 1.90. The molecule has 2 aromatic rings. The minimum absolute atomic E-state index is 0.0659. The number of amides is 1. The Bertz CT molecular complexity index is 1080. The van der Waals surface area contributed by atoms with Crippen LogP contribution in [0.15, 0.2) is 59.8 Å². The second-order valence-electron chi connectivity index (χ2n) is 8.47. The standard InChI is InChI=1S/C24H21ClN2O2/c1-24(2)12-20-23(21(28)13-24)18(17-5-3-4-6-19(17)25)11-22(29)27(20)16-9-7-15(14-26)8-10-16/h3-10,18H,11-13H2,1-2H3. The van der Waals surface area contributed by atoms with Crippen molar-refractivity contribution in [2.24, 2.45) is 5.41 Å². The highest BCUT2D eigenvalue weighted by atomic mass is 35.5. The molecule has 2 aromatic carbocycles. The molecule has 1 heterocycles. The van der Waals surface area contributed by atoms with Crippen molar-refractivity contribution in [3.63, 3.8) is 0 Å². The van der Waals surface area contributed by atoms with Gasteiger partial charge in [0.25, 0.3) is 0 Å². The molecule has 2 aliphatic rings. The summed E-state index contributed by atoms with van der Waals surface area (Å²) in [6.07, 6.45) is 1.26. The van der Waals surface area contributed by atoms with Gasteiger partial charge in [0.15, 0.2) is 5.78 Å². The number of nitriles is 1. The summed E-state index contributed by atoms with van der Waals surface area (Å²) in [7, 11) is 0. The fourth-order valence-electron chi connectivity index (χ4n) is 4.42. The molecule has 29 heavy (non-hydrogen) atoms. The lowest BCUT2D eigenvalue weighted by Crippen LogP contribution is -2.43. The summed E-state index contributed by atoms with van der Waals surface area (Å²) in [6.45, 7) is 4.10. The van der Waals surface area contributed by atoms with E-state index < -0.39 is 0 Å². The average molecular weight is 405 g/mol. The van der Waals surface area contributed by atoms with Gasteiger partial charge in [-0.25, -0.2) is 0 Å². The summed E-state index contributed by atoms with van der Waals surface area (Å²) in [5.74, 6) is -0.319. The molecule has 0 saturated heterocycles. The first-order valence-corrected chi connectivity index (χ1v) is 10.0. The maximum atomic E-state index is 13.3.